The van der Waals surface area contributed by atoms with E-state index >= 15 is 0 Å². The van der Waals surface area contributed by atoms with Gasteiger partial charge in [0.1, 0.15) is 0 Å². The number of aryl methyl sites for hydroxylation is 3. The lowest BCUT2D eigenvalue weighted by atomic mass is 10.0. The summed E-state index contributed by atoms with van der Waals surface area (Å²) in [5.74, 6) is 0. The Bertz CT molecular complexity index is 563. The molecule has 1 unspecified atom stereocenters. The van der Waals surface area contributed by atoms with E-state index in [1.54, 1.807) is 0 Å². The molecule has 0 fully saturated rings. The van der Waals surface area contributed by atoms with Gasteiger partial charge in [-0.15, -0.1) is 0 Å². The molecule has 2 rings (SSSR count). The fraction of sp³-hybridized carbons (Fsp3) is 0.471. The van der Waals surface area contributed by atoms with Gasteiger partial charge in [0.2, 0.25) is 0 Å². The van der Waals surface area contributed by atoms with Crippen LogP contribution in [-0.2, 0) is 19.4 Å². The molecular formula is C17H24BrN3. The summed E-state index contributed by atoms with van der Waals surface area (Å²) in [6.45, 7) is 5.11. The van der Waals surface area contributed by atoms with Gasteiger partial charge in [0.25, 0.3) is 0 Å². The Hall–Kier alpha value is -1.13. The first-order valence-corrected chi connectivity index (χ1v) is 8.38. The molecule has 21 heavy (non-hydrogen) atoms. The van der Waals surface area contributed by atoms with Crippen LogP contribution in [0, 0.1) is 6.92 Å². The minimum absolute atomic E-state index is 0.461. The Morgan fingerprint density at radius 1 is 1.29 bits per heavy atom. The van der Waals surface area contributed by atoms with Gasteiger partial charge in [-0.25, -0.2) is 0 Å². The highest BCUT2D eigenvalue weighted by molar-refractivity contribution is 9.10. The van der Waals surface area contributed by atoms with E-state index in [4.69, 9.17) is 0 Å². The quantitative estimate of drug-likeness (QED) is 0.825. The van der Waals surface area contributed by atoms with Crippen molar-refractivity contribution < 1.29 is 0 Å². The molecule has 0 spiro atoms. The van der Waals surface area contributed by atoms with Crippen LogP contribution in [-0.4, -0.2) is 22.9 Å². The molecule has 1 aromatic heterocycles. The SMILES string of the molecule is CCn1nc(C)c(Br)c1CC(CCc1ccccc1)NC. The predicted octanol–water partition coefficient (Wildman–Crippen LogP) is 3.74. The van der Waals surface area contributed by atoms with Gasteiger partial charge in [-0.2, -0.15) is 5.10 Å². The summed E-state index contributed by atoms with van der Waals surface area (Å²) in [7, 11) is 2.04. The average molecular weight is 350 g/mol. The number of aromatic nitrogens is 2. The van der Waals surface area contributed by atoms with Gasteiger partial charge in [0.05, 0.1) is 15.9 Å². The molecule has 0 saturated carbocycles. The van der Waals surface area contributed by atoms with Crippen LogP contribution in [0.5, 0.6) is 0 Å². The summed E-state index contributed by atoms with van der Waals surface area (Å²) in [5, 5.41) is 8.02. The summed E-state index contributed by atoms with van der Waals surface area (Å²) < 4.78 is 3.26. The lowest BCUT2D eigenvalue weighted by Crippen LogP contribution is -2.29. The monoisotopic (exact) mass is 349 g/mol. The van der Waals surface area contributed by atoms with Crippen LogP contribution in [0.1, 0.15) is 30.3 Å². The minimum atomic E-state index is 0.461. The Labute approximate surface area is 135 Å². The molecule has 0 saturated heterocycles. The van der Waals surface area contributed by atoms with Crippen molar-refractivity contribution in [1.82, 2.24) is 15.1 Å². The maximum absolute atomic E-state index is 4.58. The van der Waals surface area contributed by atoms with Gasteiger partial charge >= 0.3 is 0 Å². The molecule has 0 aliphatic rings. The molecule has 1 heterocycles. The minimum Gasteiger partial charge on any atom is -0.317 e. The molecule has 1 N–H and O–H groups in total. The number of hydrogen-bond donors (Lipinski definition) is 1. The number of nitrogens with zero attached hydrogens (tertiary/aromatic N) is 2. The zero-order valence-electron chi connectivity index (χ0n) is 13.1. The number of hydrogen-bond acceptors (Lipinski definition) is 2. The van der Waals surface area contributed by atoms with Gasteiger partial charge < -0.3 is 5.32 Å². The molecule has 3 nitrogen and oxygen atoms in total. The zero-order valence-corrected chi connectivity index (χ0v) is 14.7. The van der Waals surface area contributed by atoms with Crippen molar-refractivity contribution in [3.05, 3.63) is 51.8 Å². The zero-order chi connectivity index (χ0) is 15.2. The number of halogens is 1. The normalized spacial score (nSPS) is 12.6. The lowest BCUT2D eigenvalue weighted by Gasteiger charge is -2.17. The Balaban J connectivity index is 2.02. The van der Waals surface area contributed by atoms with Crippen molar-refractivity contribution in [3.8, 4) is 0 Å². The molecule has 4 heteroatoms. The summed E-state index contributed by atoms with van der Waals surface area (Å²) in [5.41, 5.74) is 3.77. The standard InChI is InChI=1S/C17H24BrN3/c1-4-21-16(17(18)13(2)20-21)12-15(19-3)11-10-14-8-6-5-7-9-14/h5-9,15,19H,4,10-12H2,1-3H3. The summed E-state index contributed by atoms with van der Waals surface area (Å²) in [6.07, 6.45) is 3.22. The van der Waals surface area contributed by atoms with Crippen molar-refractivity contribution in [3.63, 3.8) is 0 Å². The Morgan fingerprint density at radius 3 is 2.62 bits per heavy atom. The number of benzene rings is 1. The molecule has 114 valence electrons. The molecule has 0 bridgehead atoms. The highest BCUT2D eigenvalue weighted by Gasteiger charge is 2.16. The summed E-state index contributed by atoms with van der Waals surface area (Å²) in [4.78, 5) is 0. The van der Waals surface area contributed by atoms with Crippen LogP contribution in [0.2, 0.25) is 0 Å². The maximum atomic E-state index is 4.58. The Morgan fingerprint density at radius 2 is 2.00 bits per heavy atom. The van der Waals surface area contributed by atoms with Crippen molar-refractivity contribution in [2.45, 2.75) is 45.7 Å². The summed E-state index contributed by atoms with van der Waals surface area (Å²) >= 11 is 3.68. The van der Waals surface area contributed by atoms with E-state index < -0.39 is 0 Å². The van der Waals surface area contributed by atoms with E-state index in [-0.39, 0.29) is 0 Å². The van der Waals surface area contributed by atoms with E-state index in [0.29, 0.717) is 6.04 Å². The first-order valence-electron chi connectivity index (χ1n) is 7.58. The molecular weight excluding hydrogens is 326 g/mol. The van der Waals surface area contributed by atoms with Crippen LogP contribution < -0.4 is 5.32 Å². The molecule has 2 aromatic rings. The second kappa shape index (κ2) is 7.76. The smallest absolute Gasteiger partial charge is 0.0738 e. The van der Waals surface area contributed by atoms with E-state index in [9.17, 15) is 0 Å². The first kappa shape index (κ1) is 16.2. The molecule has 1 atom stereocenters. The number of nitrogens with one attached hydrogen (secondary N) is 1. The topological polar surface area (TPSA) is 29.9 Å². The number of likely N-dealkylation sites (N-methyl/N-ethyl adjacent to an activating group) is 1. The molecule has 1 aromatic carbocycles. The fourth-order valence-electron chi connectivity index (χ4n) is 2.63. The van der Waals surface area contributed by atoms with Gasteiger partial charge in [0, 0.05) is 19.0 Å². The second-order valence-corrected chi connectivity index (χ2v) is 6.17. The van der Waals surface area contributed by atoms with Gasteiger partial charge in [0.15, 0.2) is 0 Å². The highest BCUT2D eigenvalue weighted by Crippen LogP contribution is 2.23. The largest absolute Gasteiger partial charge is 0.317 e. The van der Waals surface area contributed by atoms with Crippen LogP contribution in [0.4, 0.5) is 0 Å². The van der Waals surface area contributed by atoms with Crippen LogP contribution in [0.25, 0.3) is 0 Å². The third kappa shape index (κ3) is 4.17. The van der Waals surface area contributed by atoms with E-state index in [0.717, 1.165) is 36.0 Å². The van der Waals surface area contributed by atoms with Gasteiger partial charge in [-0.05, 0) is 55.2 Å². The fourth-order valence-corrected chi connectivity index (χ4v) is 3.08. The van der Waals surface area contributed by atoms with Crippen molar-refractivity contribution >= 4 is 15.9 Å². The molecule has 0 aliphatic heterocycles. The van der Waals surface area contributed by atoms with E-state index in [1.165, 1.54) is 11.3 Å². The summed E-state index contributed by atoms with van der Waals surface area (Å²) in [6, 6.07) is 11.1. The third-order valence-electron chi connectivity index (χ3n) is 3.93. The molecule has 0 radical (unpaired) electrons. The van der Waals surface area contributed by atoms with Crippen molar-refractivity contribution in [2.24, 2.45) is 0 Å². The van der Waals surface area contributed by atoms with Crippen molar-refractivity contribution in [1.29, 1.82) is 0 Å². The molecule has 0 amide bonds. The van der Waals surface area contributed by atoms with Crippen LogP contribution in [0.3, 0.4) is 0 Å². The average Bonchev–Trinajstić information content (AvgIpc) is 2.79. The van der Waals surface area contributed by atoms with E-state index in [2.05, 4.69) is 75.2 Å². The lowest BCUT2D eigenvalue weighted by molar-refractivity contribution is 0.493. The highest BCUT2D eigenvalue weighted by atomic mass is 79.9. The third-order valence-corrected chi connectivity index (χ3v) is 4.96. The molecule has 0 aliphatic carbocycles. The second-order valence-electron chi connectivity index (χ2n) is 5.38. The Kier molecular flexibility index (Phi) is 6.00. The van der Waals surface area contributed by atoms with Gasteiger partial charge in [-0.3, -0.25) is 4.68 Å². The van der Waals surface area contributed by atoms with Crippen molar-refractivity contribution in [2.75, 3.05) is 7.05 Å². The van der Waals surface area contributed by atoms with Crippen LogP contribution in [0.15, 0.2) is 34.8 Å². The van der Waals surface area contributed by atoms with E-state index in [1.807, 2.05) is 7.05 Å². The predicted molar refractivity (Wildman–Crippen MR) is 91.7 cm³/mol. The maximum Gasteiger partial charge on any atom is 0.0738 e. The first-order chi connectivity index (χ1) is 10.2. The van der Waals surface area contributed by atoms with Gasteiger partial charge in [-0.1, -0.05) is 30.3 Å². The van der Waals surface area contributed by atoms with Crippen LogP contribution >= 0.6 is 15.9 Å². The number of rotatable bonds is 7.